The number of sulfonamides is 1. The number of hydrogen-bond acceptors (Lipinski definition) is 4. The number of rotatable bonds is 10. The summed E-state index contributed by atoms with van der Waals surface area (Å²) in [7, 11) is -0.357. The second kappa shape index (κ2) is 10.4. The van der Waals surface area contributed by atoms with E-state index in [1.54, 1.807) is 37.4 Å². The molecule has 1 atom stereocenters. The summed E-state index contributed by atoms with van der Waals surface area (Å²) < 4.78 is 31.6. The van der Waals surface area contributed by atoms with E-state index in [9.17, 15) is 13.2 Å². The Balaban J connectivity index is 1.89. The summed E-state index contributed by atoms with van der Waals surface area (Å²) >= 11 is 0. The van der Waals surface area contributed by atoms with E-state index in [1.165, 1.54) is 11.4 Å². The van der Waals surface area contributed by atoms with Gasteiger partial charge in [-0.2, -0.15) is 0 Å². The highest BCUT2D eigenvalue weighted by Gasteiger charge is 2.20. The van der Waals surface area contributed by atoms with Gasteiger partial charge in [-0.15, -0.1) is 0 Å². The molecule has 158 valence electrons. The summed E-state index contributed by atoms with van der Waals surface area (Å²) in [6.07, 6.45) is 1.48. The molecule has 7 heteroatoms. The van der Waals surface area contributed by atoms with Gasteiger partial charge in [0.05, 0.1) is 18.0 Å². The van der Waals surface area contributed by atoms with Crippen LogP contribution in [0.5, 0.6) is 5.75 Å². The molecule has 0 saturated carbocycles. The normalized spacial score (nSPS) is 12.6. The van der Waals surface area contributed by atoms with E-state index in [-0.39, 0.29) is 29.8 Å². The van der Waals surface area contributed by atoms with Gasteiger partial charge in [0, 0.05) is 20.0 Å². The van der Waals surface area contributed by atoms with Crippen LogP contribution >= 0.6 is 0 Å². The van der Waals surface area contributed by atoms with Crippen LogP contribution in [-0.2, 0) is 14.8 Å². The molecule has 1 N–H and O–H groups in total. The van der Waals surface area contributed by atoms with Gasteiger partial charge in [0.25, 0.3) is 0 Å². The first-order chi connectivity index (χ1) is 13.8. The third-order valence-corrected chi connectivity index (χ3v) is 6.76. The average molecular weight is 419 g/mol. The maximum Gasteiger partial charge on any atom is 0.242 e. The molecule has 0 aromatic heterocycles. The van der Waals surface area contributed by atoms with Crippen LogP contribution < -0.4 is 10.1 Å². The Hall–Kier alpha value is -2.38. The third-order valence-electron chi connectivity index (χ3n) is 4.89. The molecular weight excluding hydrogens is 388 g/mol. The number of benzene rings is 2. The zero-order valence-electron chi connectivity index (χ0n) is 17.5. The molecule has 0 heterocycles. The molecule has 0 spiro atoms. The minimum atomic E-state index is -3.53. The maximum absolute atomic E-state index is 12.5. The van der Waals surface area contributed by atoms with Crippen molar-refractivity contribution >= 4 is 15.9 Å². The predicted octanol–water partition coefficient (Wildman–Crippen LogP) is 3.67. The van der Waals surface area contributed by atoms with Crippen molar-refractivity contribution in [1.29, 1.82) is 0 Å². The van der Waals surface area contributed by atoms with Crippen molar-refractivity contribution < 1.29 is 17.9 Å². The largest absolute Gasteiger partial charge is 0.496 e. The molecule has 0 bridgehead atoms. The highest BCUT2D eigenvalue weighted by molar-refractivity contribution is 7.89. The van der Waals surface area contributed by atoms with Crippen molar-refractivity contribution in [3.05, 3.63) is 59.7 Å². The fourth-order valence-corrected chi connectivity index (χ4v) is 4.39. The Morgan fingerprint density at radius 1 is 1.17 bits per heavy atom. The lowest BCUT2D eigenvalue weighted by Crippen LogP contribution is -2.31. The van der Waals surface area contributed by atoms with Crippen LogP contribution in [0.25, 0.3) is 0 Å². The van der Waals surface area contributed by atoms with Crippen molar-refractivity contribution in [1.82, 2.24) is 9.62 Å². The van der Waals surface area contributed by atoms with E-state index < -0.39 is 10.0 Å². The zero-order chi connectivity index (χ0) is 21.4. The first-order valence-electron chi connectivity index (χ1n) is 9.74. The Kier molecular flexibility index (Phi) is 8.22. The van der Waals surface area contributed by atoms with Crippen molar-refractivity contribution in [2.45, 2.75) is 44.0 Å². The number of amides is 1. The molecule has 0 aliphatic rings. The molecule has 0 radical (unpaired) electrons. The quantitative estimate of drug-likeness (QED) is 0.639. The van der Waals surface area contributed by atoms with Crippen LogP contribution in [0.2, 0.25) is 0 Å². The minimum Gasteiger partial charge on any atom is -0.496 e. The number of ether oxygens (including phenoxy) is 1. The second-order valence-electron chi connectivity index (χ2n) is 7.00. The van der Waals surface area contributed by atoms with Gasteiger partial charge in [0.2, 0.25) is 15.9 Å². The second-order valence-corrected chi connectivity index (χ2v) is 9.05. The summed E-state index contributed by atoms with van der Waals surface area (Å²) in [5.74, 6) is 0.730. The summed E-state index contributed by atoms with van der Waals surface area (Å²) in [4.78, 5) is 12.6. The van der Waals surface area contributed by atoms with Gasteiger partial charge in [0.1, 0.15) is 5.75 Å². The fourth-order valence-electron chi connectivity index (χ4n) is 3.16. The molecule has 0 aliphatic carbocycles. The molecule has 0 saturated heterocycles. The Bertz CT molecular complexity index is 914. The average Bonchev–Trinajstić information content (AvgIpc) is 2.72. The molecule has 0 fully saturated rings. The Labute approximate surface area is 173 Å². The molecular formula is C22H30N2O4S. The summed E-state index contributed by atoms with van der Waals surface area (Å²) in [5.41, 5.74) is 2.05. The zero-order valence-corrected chi connectivity index (χ0v) is 18.3. The van der Waals surface area contributed by atoms with E-state index in [0.717, 1.165) is 23.3 Å². The molecule has 2 aromatic carbocycles. The van der Waals surface area contributed by atoms with Crippen LogP contribution in [0.1, 0.15) is 43.4 Å². The number of carbonyl (C=O) groups is 1. The van der Waals surface area contributed by atoms with Gasteiger partial charge in [-0.25, -0.2) is 12.7 Å². The number of aryl methyl sites for hydroxylation is 1. The van der Waals surface area contributed by atoms with Crippen LogP contribution in [0.4, 0.5) is 0 Å². The number of nitrogens with one attached hydrogen (secondary N) is 1. The summed E-state index contributed by atoms with van der Waals surface area (Å²) in [6, 6.07) is 14.1. The molecule has 2 rings (SSSR count). The van der Waals surface area contributed by atoms with E-state index in [2.05, 4.69) is 5.32 Å². The molecule has 1 amide bonds. The van der Waals surface area contributed by atoms with Crippen LogP contribution in [0.15, 0.2) is 53.4 Å². The maximum atomic E-state index is 12.5. The van der Waals surface area contributed by atoms with Crippen molar-refractivity contribution in [3.63, 3.8) is 0 Å². The lowest BCUT2D eigenvalue weighted by molar-refractivity contribution is -0.122. The minimum absolute atomic E-state index is 0.0853. The number of methoxy groups -OCH3 is 1. The summed E-state index contributed by atoms with van der Waals surface area (Å²) in [5, 5.41) is 3.04. The number of carbonyl (C=O) groups excluding carboxylic acids is 1. The lowest BCUT2D eigenvalue weighted by atomic mass is 10.0. The Morgan fingerprint density at radius 2 is 1.86 bits per heavy atom. The smallest absolute Gasteiger partial charge is 0.242 e. The highest BCUT2D eigenvalue weighted by Crippen LogP contribution is 2.24. The standard InChI is InChI=1S/C22H30N2O4S/c1-5-20(18-13-14-21(28-4)17(2)16-18)23-22(25)12-9-15-24(3)29(26,27)19-10-7-6-8-11-19/h6-8,10-11,13-14,16,20H,5,9,12,15H2,1-4H3,(H,23,25)/t20-/m0/s1. The van der Waals surface area contributed by atoms with Crippen molar-refractivity contribution in [2.75, 3.05) is 20.7 Å². The highest BCUT2D eigenvalue weighted by atomic mass is 32.2. The van der Waals surface area contributed by atoms with Gasteiger partial charge >= 0.3 is 0 Å². The number of nitrogens with zero attached hydrogens (tertiary/aromatic N) is 1. The number of hydrogen-bond donors (Lipinski definition) is 1. The molecule has 0 aliphatic heterocycles. The summed E-state index contributed by atoms with van der Waals surface area (Å²) in [6.45, 7) is 4.27. The van der Waals surface area contributed by atoms with E-state index >= 15 is 0 Å². The van der Waals surface area contributed by atoms with Gasteiger partial charge < -0.3 is 10.1 Å². The SMILES string of the molecule is CC[C@H](NC(=O)CCCN(C)S(=O)(=O)c1ccccc1)c1ccc(OC)c(C)c1. The predicted molar refractivity (Wildman–Crippen MR) is 114 cm³/mol. The van der Waals surface area contributed by atoms with Crippen LogP contribution in [0.3, 0.4) is 0 Å². The molecule has 29 heavy (non-hydrogen) atoms. The molecule has 2 aromatic rings. The van der Waals surface area contributed by atoms with E-state index in [4.69, 9.17) is 4.74 Å². The molecule has 0 unspecified atom stereocenters. The lowest BCUT2D eigenvalue weighted by Gasteiger charge is -2.20. The fraction of sp³-hybridized carbons (Fsp3) is 0.409. The first kappa shape index (κ1) is 22.9. The van der Waals surface area contributed by atoms with Crippen molar-refractivity contribution in [3.8, 4) is 5.75 Å². The van der Waals surface area contributed by atoms with E-state index in [1.807, 2.05) is 32.0 Å². The van der Waals surface area contributed by atoms with Gasteiger partial charge in [-0.05, 0) is 49.1 Å². The van der Waals surface area contributed by atoms with Crippen LogP contribution in [0, 0.1) is 6.92 Å². The Morgan fingerprint density at radius 3 is 2.45 bits per heavy atom. The van der Waals surface area contributed by atoms with Gasteiger partial charge in [0.15, 0.2) is 0 Å². The van der Waals surface area contributed by atoms with E-state index in [0.29, 0.717) is 6.42 Å². The van der Waals surface area contributed by atoms with Gasteiger partial charge in [-0.1, -0.05) is 37.3 Å². The monoisotopic (exact) mass is 418 g/mol. The van der Waals surface area contributed by atoms with Crippen molar-refractivity contribution in [2.24, 2.45) is 0 Å². The first-order valence-corrected chi connectivity index (χ1v) is 11.2. The topological polar surface area (TPSA) is 75.7 Å². The molecule has 6 nitrogen and oxygen atoms in total. The van der Waals surface area contributed by atoms with Crippen LogP contribution in [-0.4, -0.2) is 39.3 Å². The van der Waals surface area contributed by atoms with Gasteiger partial charge in [-0.3, -0.25) is 4.79 Å². The third kappa shape index (κ3) is 6.05.